The Kier molecular flexibility index (Phi) is 2.98. The van der Waals surface area contributed by atoms with Gasteiger partial charge in [-0.05, 0) is 31.9 Å². The quantitative estimate of drug-likeness (QED) is 0.837. The van der Waals surface area contributed by atoms with Crippen LogP contribution in [-0.2, 0) is 0 Å². The predicted molar refractivity (Wildman–Crippen MR) is 55.8 cm³/mol. The van der Waals surface area contributed by atoms with Crippen LogP contribution in [-0.4, -0.2) is 8.75 Å². The number of halogens is 2. The molecule has 1 aromatic heterocycles. The van der Waals surface area contributed by atoms with E-state index in [1.54, 1.807) is 0 Å². The Bertz CT molecular complexity index is 277. The largest absolute Gasteiger partial charge is 0.172 e. The predicted octanol–water partition coefficient (Wildman–Crippen LogP) is 3.27. The highest BCUT2D eigenvalue weighted by Crippen LogP contribution is 2.27. The molecule has 0 aliphatic heterocycles. The highest BCUT2D eigenvalue weighted by Gasteiger charge is 2.10. The van der Waals surface area contributed by atoms with Crippen molar-refractivity contribution in [1.29, 1.82) is 0 Å². The molecule has 11 heavy (non-hydrogen) atoms. The van der Waals surface area contributed by atoms with E-state index in [2.05, 4.69) is 53.8 Å². The Hall–Kier alpha value is -0.000000000000000111. The van der Waals surface area contributed by atoms with Gasteiger partial charge < -0.3 is 0 Å². The van der Waals surface area contributed by atoms with Gasteiger partial charge in [0.1, 0.15) is 11.4 Å². The first-order valence-corrected chi connectivity index (χ1v) is 4.96. The smallest absolute Gasteiger partial charge is 0.119 e. The van der Waals surface area contributed by atoms with E-state index in [0.717, 1.165) is 32.1 Å². The van der Waals surface area contributed by atoms with Gasteiger partial charge in [-0.2, -0.15) is 8.75 Å². The lowest BCUT2D eigenvalue weighted by molar-refractivity contribution is 1.43. The maximum absolute atomic E-state index is 4.03. The molecule has 0 aliphatic rings. The molecule has 0 N–H and O–H groups in total. The van der Waals surface area contributed by atoms with E-state index in [1.807, 2.05) is 0 Å². The fraction of sp³-hybridized carbons (Fsp3) is 0. The zero-order chi connectivity index (χ0) is 8.43. The molecule has 0 spiro atoms. The summed E-state index contributed by atoms with van der Waals surface area (Å²) >= 11 is 7.60. The second-order valence-electron chi connectivity index (χ2n) is 1.77. The Morgan fingerprint density at radius 1 is 1.09 bits per heavy atom. The van der Waals surface area contributed by atoms with Crippen molar-refractivity contribution in [3.63, 3.8) is 0 Å². The highest BCUT2D eigenvalue weighted by atomic mass is 79.9. The molecule has 0 fully saturated rings. The molecule has 0 radical (unpaired) electrons. The summed E-state index contributed by atoms with van der Waals surface area (Å²) in [5, 5.41) is 0. The SMILES string of the molecule is C=C(Br)c1nsnc1C(=C)Br. The molecule has 5 heteroatoms. The van der Waals surface area contributed by atoms with Gasteiger partial charge in [0.2, 0.25) is 0 Å². The van der Waals surface area contributed by atoms with E-state index in [0.29, 0.717) is 0 Å². The van der Waals surface area contributed by atoms with Gasteiger partial charge >= 0.3 is 0 Å². The van der Waals surface area contributed by atoms with Crippen LogP contribution >= 0.6 is 43.6 Å². The normalized spacial score (nSPS) is 9.64. The second-order valence-corrected chi connectivity index (χ2v) is 4.21. The van der Waals surface area contributed by atoms with E-state index >= 15 is 0 Å². The molecule has 0 amide bonds. The van der Waals surface area contributed by atoms with Gasteiger partial charge in [-0.3, -0.25) is 0 Å². The summed E-state index contributed by atoms with van der Waals surface area (Å²) in [5.74, 6) is 0. The zero-order valence-electron chi connectivity index (χ0n) is 5.47. The third-order valence-electron chi connectivity index (χ3n) is 1.00. The van der Waals surface area contributed by atoms with Crippen molar-refractivity contribution in [2.45, 2.75) is 0 Å². The van der Waals surface area contributed by atoms with Gasteiger partial charge in [-0.15, -0.1) is 0 Å². The second kappa shape index (κ2) is 3.60. The minimum Gasteiger partial charge on any atom is -0.172 e. The zero-order valence-corrected chi connectivity index (χ0v) is 9.46. The Labute approximate surface area is 85.6 Å². The molecule has 0 aliphatic carbocycles. The van der Waals surface area contributed by atoms with Gasteiger partial charge in [0.05, 0.1) is 11.7 Å². The van der Waals surface area contributed by atoms with Crippen LogP contribution in [0.1, 0.15) is 11.4 Å². The number of aromatic nitrogens is 2. The monoisotopic (exact) mass is 294 g/mol. The molecule has 1 aromatic rings. The molecule has 1 heterocycles. The van der Waals surface area contributed by atoms with Crippen molar-refractivity contribution in [3.05, 3.63) is 24.5 Å². The summed E-state index contributed by atoms with van der Waals surface area (Å²) in [5.41, 5.74) is 1.49. The summed E-state index contributed by atoms with van der Waals surface area (Å²) in [7, 11) is 0. The maximum Gasteiger partial charge on any atom is 0.119 e. The molecule has 0 bridgehead atoms. The average molecular weight is 296 g/mol. The van der Waals surface area contributed by atoms with Crippen molar-refractivity contribution in [3.8, 4) is 0 Å². The summed E-state index contributed by atoms with van der Waals surface area (Å²) in [4.78, 5) is 0. The minimum absolute atomic E-state index is 0.724. The summed E-state index contributed by atoms with van der Waals surface area (Å²) in [6.07, 6.45) is 0. The van der Waals surface area contributed by atoms with Crippen LogP contribution < -0.4 is 0 Å². The summed E-state index contributed by atoms with van der Waals surface area (Å²) in [6.45, 7) is 7.40. The molecule has 0 saturated heterocycles. The Balaban J connectivity index is 3.16. The fourth-order valence-corrected chi connectivity index (χ4v) is 1.93. The number of hydrogen-bond acceptors (Lipinski definition) is 3. The first kappa shape index (κ1) is 9.09. The highest BCUT2D eigenvalue weighted by molar-refractivity contribution is 9.15. The third-order valence-corrected chi connectivity index (χ3v) is 2.28. The van der Waals surface area contributed by atoms with E-state index in [9.17, 15) is 0 Å². The number of hydrogen-bond donors (Lipinski definition) is 0. The molecule has 0 aromatic carbocycles. The van der Waals surface area contributed by atoms with Gasteiger partial charge in [0, 0.05) is 8.96 Å². The van der Waals surface area contributed by atoms with E-state index in [-0.39, 0.29) is 0 Å². The van der Waals surface area contributed by atoms with Gasteiger partial charge in [-0.1, -0.05) is 13.2 Å². The van der Waals surface area contributed by atoms with Gasteiger partial charge in [0.15, 0.2) is 0 Å². The summed E-state index contributed by atoms with van der Waals surface area (Å²) < 4.78 is 9.51. The maximum atomic E-state index is 4.03. The van der Waals surface area contributed by atoms with Crippen LogP contribution in [0.5, 0.6) is 0 Å². The number of rotatable bonds is 2. The Morgan fingerprint density at radius 2 is 1.45 bits per heavy atom. The van der Waals surface area contributed by atoms with Gasteiger partial charge in [0.25, 0.3) is 0 Å². The lowest BCUT2D eigenvalue weighted by atomic mass is 10.3. The van der Waals surface area contributed by atoms with Crippen LogP contribution in [0.15, 0.2) is 13.2 Å². The first-order valence-electron chi connectivity index (χ1n) is 2.65. The van der Waals surface area contributed by atoms with Gasteiger partial charge in [-0.25, -0.2) is 0 Å². The fourth-order valence-electron chi connectivity index (χ4n) is 0.545. The average Bonchev–Trinajstić information content (AvgIpc) is 2.32. The molecule has 0 unspecified atom stereocenters. The van der Waals surface area contributed by atoms with Crippen molar-refractivity contribution >= 4 is 52.6 Å². The lowest BCUT2D eigenvalue weighted by Crippen LogP contribution is -1.82. The van der Waals surface area contributed by atoms with Crippen LogP contribution in [0, 0.1) is 0 Å². The van der Waals surface area contributed by atoms with Crippen LogP contribution in [0.3, 0.4) is 0 Å². The first-order chi connectivity index (χ1) is 5.13. The van der Waals surface area contributed by atoms with Crippen LogP contribution in [0.25, 0.3) is 8.96 Å². The Morgan fingerprint density at radius 3 is 1.73 bits per heavy atom. The van der Waals surface area contributed by atoms with Crippen molar-refractivity contribution < 1.29 is 0 Å². The van der Waals surface area contributed by atoms with E-state index in [4.69, 9.17) is 0 Å². The van der Waals surface area contributed by atoms with E-state index < -0.39 is 0 Å². The van der Waals surface area contributed by atoms with E-state index in [1.165, 1.54) is 0 Å². The molecule has 0 atom stereocenters. The molecule has 2 nitrogen and oxygen atoms in total. The van der Waals surface area contributed by atoms with Crippen molar-refractivity contribution in [2.75, 3.05) is 0 Å². The standard InChI is InChI=1S/C6H4Br2N2S/c1-3(7)5-6(4(2)8)10-11-9-5/h1-2H2. The third kappa shape index (κ3) is 1.98. The summed E-state index contributed by atoms with van der Waals surface area (Å²) in [6, 6.07) is 0. The molecular weight excluding hydrogens is 292 g/mol. The molecule has 58 valence electrons. The lowest BCUT2D eigenvalue weighted by Gasteiger charge is -1.93. The minimum atomic E-state index is 0.724. The molecule has 1 rings (SSSR count). The topological polar surface area (TPSA) is 25.8 Å². The number of nitrogens with zero attached hydrogens (tertiary/aromatic N) is 2. The van der Waals surface area contributed by atoms with Crippen molar-refractivity contribution in [2.24, 2.45) is 0 Å². The molecular formula is C6H4Br2N2S. The van der Waals surface area contributed by atoms with Crippen LogP contribution in [0.4, 0.5) is 0 Å². The molecule has 0 saturated carbocycles. The van der Waals surface area contributed by atoms with Crippen molar-refractivity contribution in [1.82, 2.24) is 8.75 Å². The van der Waals surface area contributed by atoms with Crippen LogP contribution in [0.2, 0.25) is 0 Å².